The fourth-order valence-electron chi connectivity index (χ4n) is 4.21. The van der Waals surface area contributed by atoms with E-state index in [1.54, 1.807) is 36.4 Å². The number of furan rings is 1. The molecule has 2 heterocycles. The molecule has 1 saturated heterocycles. The van der Waals surface area contributed by atoms with Gasteiger partial charge in [-0.3, -0.25) is 14.5 Å². The van der Waals surface area contributed by atoms with Crippen molar-refractivity contribution in [3.8, 4) is 0 Å². The van der Waals surface area contributed by atoms with Crippen LogP contribution in [0.5, 0.6) is 0 Å². The molecule has 2 atom stereocenters. The maximum atomic E-state index is 13.5. The van der Waals surface area contributed by atoms with E-state index in [0.29, 0.717) is 16.9 Å². The number of halogens is 1. The summed E-state index contributed by atoms with van der Waals surface area (Å²) < 4.78 is 24.2. The lowest BCUT2D eigenvalue weighted by Crippen LogP contribution is -2.43. The average Bonchev–Trinajstić information content (AvgIpc) is 3.56. The fraction of sp³-hybridized carbons (Fsp3) is 0.138. The Bertz CT molecular complexity index is 1440. The Hall–Kier alpha value is -4.92. The number of amides is 3. The highest BCUT2D eigenvalue weighted by molar-refractivity contribution is 6.02. The molecule has 1 aromatic heterocycles. The van der Waals surface area contributed by atoms with E-state index < -0.39 is 35.9 Å². The highest BCUT2D eigenvalue weighted by atomic mass is 19.1. The smallest absolute Gasteiger partial charge is 0.411 e. The zero-order chi connectivity index (χ0) is 26.6. The first-order valence-corrected chi connectivity index (χ1v) is 11.9. The van der Waals surface area contributed by atoms with Gasteiger partial charge >= 0.3 is 6.09 Å². The second kappa shape index (κ2) is 10.6. The molecule has 1 aliphatic rings. The fourth-order valence-corrected chi connectivity index (χ4v) is 4.21. The number of anilines is 2. The number of ether oxygens (including phenoxy) is 1. The van der Waals surface area contributed by atoms with E-state index >= 15 is 0 Å². The third-order valence-corrected chi connectivity index (χ3v) is 6.18. The molecule has 0 unspecified atom stereocenters. The van der Waals surface area contributed by atoms with Gasteiger partial charge in [-0.05, 0) is 66.6 Å². The van der Waals surface area contributed by atoms with Gasteiger partial charge in [0.25, 0.3) is 11.8 Å². The van der Waals surface area contributed by atoms with Crippen LogP contribution in [-0.2, 0) is 16.1 Å². The van der Waals surface area contributed by atoms with Gasteiger partial charge in [-0.2, -0.15) is 0 Å². The quantitative estimate of drug-likeness (QED) is 0.331. The van der Waals surface area contributed by atoms with E-state index in [1.165, 1.54) is 35.4 Å². The van der Waals surface area contributed by atoms with Crippen molar-refractivity contribution < 1.29 is 27.9 Å². The topological polar surface area (TPSA) is 101 Å². The summed E-state index contributed by atoms with van der Waals surface area (Å²) in [6.07, 6.45) is -0.139. The van der Waals surface area contributed by atoms with Crippen molar-refractivity contribution in [3.63, 3.8) is 0 Å². The predicted molar refractivity (Wildman–Crippen MR) is 138 cm³/mol. The van der Waals surface area contributed by atoms with E-state index in [9.17, 15) is 18.8 Å². The Kier molecular flexibility index (Phi) is 6.90. The third-order valence-electron chi connectivity index (χ3n) is 6.18. The minimum Gasteiger partial charge on any atom is -0.459 e. The molecule has 0 radical (unpaired) electrons. The van der Waals surface area contributed by atoms with Crippen molar-refractivity contribution in [1.29, 1.82) is 0 Å². The van der Waals surface area contributed by atoms with Crippen LogP contribution in [0.25, 0.3) is 0 Å². The molecule has 8 nitrogen and oxygen atoms in total. The van der Waals surface area contributed by atoms with Gasteiger partial charge in [0, 0.05) is 11.4 Å². The van der Waals surface area contributed by atoms with Crippen LogP contribution in [-0.4, -0.2) is 28.8 Å². The zero-order valence-corrected chi connectivity index (χ0v) is 20.4. The lowest BCUT2D eigenvalue weighted by Gasteiger charge is -2.24. The summed E-state index contributed by atoms with van der Waals surface area (Å²) in [6, 6.07) is 21.8. The minimum absolute atomic E-state index is 0.161. The van der Waals surface area contributed by atoms with Crippen molar-refractivity contribution in [2.45, 2.75) is 25.6 Å². The van der Waals surface area contributed by atoms with Crippen molar-refractivity contribution in [2.75, 3.05) is 10.6 Å². The van der Waals surface area contributed by atoms with Crippen LogP contribution in [0.2, 0.25) is 0 Å². The molecule has 0 saturated carbocycles. The van der Waals surface area contributed by atoms with Crippen molar-refractivity contribution >= 4 is 29.3 Å². The van der Waals surface area contributed by atoms with Gasteiger partial charge in [0.1, 0.15) is 5.82 Å². The Balaban J connectivity index is 1.40. The normalized spacial score (nSPS) is 16.7. The highest BCUT2D eigenvalue weighted by Crippen LogP contribution is 2.35. The van der Waals surface area contributed by atoms with E-state index in [1.807, 2.05) is 31.2 Å². The van der Waals surface area contributed by atoms with Gasteiger partial charge in [0.15, 0.2) is 17.9 Å². The minimum atomic E-state index is -1.00. The summed E-state index contributed by atoms with van der Waals surface area (Å²) in [7, 11) is 0. The lowest BCUT2D eigenvalue weighted by atomic mass is 10.00. The van der Waals surface area contributed by atoms with E-state index in [2.05, 4.69) is 10.6 Å². The van der Waals surface area contributed by atoms with Crippen LogP contribution in [0.3, 0.4) is 0 Å². The van der Waals surface area contributed by atoms with Gasteiger partial charge in [-0.1, -0.05) is 42.0 Å². The van der Waals surface area contributed by atoms with Gasteiger partial charge in [-0.25, -0.2) is 9.18 Å². The summed E-state index contributed by atoms with van der Waals surface area (Å²) in [5.74, 6) is -1.14. The number of nitrogens with zero attached hydrogens (tertiary/aromatic N) is 1. The summed E-state index contributed by atoms with van der Waals surface area (Å²) in [5.41, 5.74) is 3.37. The van der Waals surface area contributed by atoms with Gasteiger partial charge < -0.3 is 19.8 Å². The largest absolute Gasteiger partial charge is 0.459 e. The molecule has 0 spiro atoms. The lowest BCUT2D eigenvalue weighted by molar-refractivity contribution is -0.121. The van der Waals surface area contributed by atoms with Crippen LogP contribution in [0, 0.1) is 12.7 Å². The van der Waals surface area contributed by atoms with Gasteiger partial charge in [0.05, 0.1) is 12.8 Å². The molecule has 38 heavy (non-hydrogen) atoms. The maximum absolute atomic E-state index is 13.5. The molecule has 9 heteroatoms. The second-order valence-electron chi connectivity index (χ2n) is 8.91. The number of benzene rings is 3. The molecule has 0 aliphatic carbocycles. The molecule has 5 rings (SSSR count). The van der Waals surface area contributed by atoms with Crippen LogP contribution in [0.15, 0.2) is 95.6 Å². The number of hydrogen-bond acceptors (Lipinski definition) is 5. The maximum Gasteiger partial charge on any atom is 0.411 e. The molecule has 3 aromatic carbocycles. The number of rotatable bonds is 7. The van der Waals surface area contributed by atoms with Crippen molar-refractivity contribution in [3.05, 3.63) is 119 Å². The number of carbonyl (C=O) groups excluding carboxylic acids is 3. The number of hydrogen-bond donors (Lipinski definition) is 2. The van der Waals surface area contributed by atoms with Crippen LogP contribution in [0.1, 0.15) is 33.3 Å². The first-order valence-electron chi connectivity index (χ1n) is 11.9. The van der Waals surface area contributed by atoms with Gasteiger partial charge in [-0.15, -0.1) is 0 Å². The van der Waals surface area contributed by atoms with E-state index in [4.69, 9.17) is 9.15 Å². The number of carbonyl (C=O) groups is 3. The number of cyclic esters (lactones) is 1. The van der Waals surface area contributed by atoms with Crippen LogP contribution < -0.4 is 10.6 Å². The molecule has 192 valence electrons. The zero-order valence-electron chi connectivity index (χ0n) is 20.4. The van der Waals surface area contributed by atoms with E-state index in [0.717, 1.165) is 11.1 Å². The summed E-state index contributed by atoms with van der Waals surface area (Å²) in [6.45, 7) is 2.12. The number of nitrogens with one attached hydrogen (secondary N) is 2. The standard InChI is InChI=1S/C29H24FN3O5/c1-18-4-6-19(7-5-18)17-33-25(28(35)32-23-14-10-21(30)11-15-23)26(38-29(33)36)20-8-12-22(13-9-20)31-27(34)24-3-2-16-37-24/h2-16,25-26H,17H2,1H3,(H,31,34)(H,32,35)/t25-,26+/m0/s1. The monoisotopic (exact) mass is 513 g/mol. The Morgan fingerprint density at radius 3 is 2.21 bits per heavy atom. The second-order valence-corrected chi connectivity index (χ2v) is 8.91. The van der Waals surface area contributed by atoms with E-state index in [-0.39, 0.29) is 12.3 Å². The van der Waals surface area contributed by atoms with Crippen molar-refractivity contribution in [2.24, 2.45) is 0 Å². The molecule has 1 aliphatic heterocycles. The Labute approximate surface area is 218 Å². The predicted octanol–water partition coefficient (Wildman–Crippen LogP) is 5.68. The molecule has 2 N–H and O–H groups in total. The summed E-state index contributed by atoms with van der Waals surface area (Å²) >= 11 is 0. The molecule has 1 fully saturated rings. The Morgan fingerprint density at radius 2 is 1.55 bits per heavy atom. The first kappa shape index (κ1) is 24.8. The van der Waals surface area contributed by atoms with Crippen LogP contribution in [0.4, 0.5) is 20.6 Å². The SMILES string of the molecule is Cc1ccc(CN2C(=O)O[C@H](c3ccc(NC(=O)c4ccco4)cc3)[C@H]2C(=O)Nc2ccc(F)cc2)cc1. The summed E-state index contributed by atoms with van der Waals surface area (Å²) in [5, 5.41) is 5.49. The Morgan fingerprint density at radius 1 is 0.895 bits per heavy atom. The molecule has 3 amide bonds. The number of aryl methyl sites for hydroxylation is 1. The van der Waals surface area contributed by atoms with Crippen molar-refractivity contribution in [1.82, 2.24) is 4.90 Å². The molecular formula is C29H24FN3O5. The summed E-state index contributed by atoms with van der Waals surface area (Å²) in [4.78, 5) is 40.1. The first-order chi connectivity index (χ1) is 18.4. The van der Waals surface area contributed by atoms with Gasteiger partial charge in [0.2, 0.25) is 0 Å². The van der Waals surface area contributed by atoms with Crippen LogP contribution >= 0.6 is 0 Å². The molecular weight excluding hydrogens is 489 g/mol. The third kappa shape index (κ3) is 5.41. The molecule has 0 bridgehead atoms. The average molecular weight is 514 g/mol. The molecule has 4 aromatic rings. The highest BCUT2D eigenvalue weighted by Gasteiger charge is 2.47.